The summed E-state index contributed by atoms with van der Waals surface area (Å²) in [7, 11) is 3.22. The Morgan fingerprint density at radius 3 is 2.78 bits per heavy atom. The second-order valence-corrected chi connectivity index (χ2v) is 6.61. The molecule has 2 unspecified atom stereocenters. The molecule has 2 aromatic rings. The van der Waals surface area contributed by atoms with Crippen LogP contribution in [0.1, 0.15) is 18.9 Å². The lowest BCUT2D eigenvalue weighted by molar-refractivity contribution is 0.127. The quantitative estimate of drug-likeness (QED) is 0.856. The first-order valence-electron chi connectivity index (χ1n) is 7.41. The molecule has 0 aliphatic carbocycles. The predicted octanol–water partition coefficient (Wildman–Crippen LogP) is 3.39. The smallest absolute Gasteiger partial charge is 0.148 e. The fourth-order valence-electron chi connectivity index (χ4n) is 2.72. The summed E-state index contributed by atoms with van der Waals surface area (Å²) in [6, 6.07) is 5.96. The summed E-state index contributed by atoms with van der Waals surface area (Å²) in [5.74, 6) is 1.32. The van der Waals surface area contributed by atoms with Gasteiger partial charge < -0.3 is 14.2 Å². The number of ether oxygens (including phenoxy) is 3. The van der Waals surface area contributed by atoms with Crippen LogP contribution in [0.3, 0.4) is 0 Å². The molecule has 0 bridgehead atoms. The Balaban J connectivity index is 2.18. The number of pyridine rings is 1. The van der Waals surface area contributed by atoms with E-state index in [9.17, 15) is 5.26 Å². The number of nitriles is 1. The number of benzene rings is 1. The molecular formula is C17H18N2O3S. The summed E-state index contributed by atoms with van der Waals surface area (Å²) < 4.78 is 16.4. The molecule has 0 amide bonds. The first kappa shape index (κ1) is 15.9. The number of thioether (sulfide) groups is 1. The number of hydrogen-bond donors (Lipinski definition) is 0. The summed E-state index contributed by atoms with van der Waals surface area (Å²) in [6.45, 7) is 2.83. The lowest BCUT2D eigenvalue weighted by Gasteiger charge is -2.17. The van der Waals surface area contributed by atoms with E-state index < -0.39 is 0 Å². The third kappa shape index (κ3) is 2.94. The molecule has 0 radical (unpaired) electrons. The number of nitrogens with zero attached hydrogens (tertiary/aromatic N) is 2. The van der Waals surface area contributed by atoms with Gasteiger partial charge in [-0.1, -0.05) is 0 Å². The van der Waals surface area contributed by atoms with Gasteiger partial charge in [-0.25, -0.2) is 0 Å². The van der Waals surface area contributed by atoms with E-state index in [1.54, 1.807) is 38.2 Å². The van der Waals surface area contributed by atoms with E-state index in [2.05, 4.69) is 18.0 Å². The minimum absolute atomic E-state index is 0.169. The van der Waals surface area contributed by atoms with Gasteiger partial charge in [-0.2, -0.15) is 5.26 Å². The van der Waals surface area contributed by atoms with E-state index in [1.807, 2.05) is 6.07 Å². The van der Waals surface area contributed by atoms with Crippen LogP contribution in [0.25, 0.3) is 10.9 Å². The molecule has 1 aromatic carbocycles. The molecule has 5 nitrogen and oxygen atoms in total. The van der Waals surface area contributed by atoms with Crippen LogP contribution in [0.4, 0.5) is 0 Å². The highest BCUT2D eigenvalue weighted by Crippen LogP contribution is 2.41. The maximum absolute atomic E-state index is 9.47. The molecule has 3 rings (SSSR count). The maximum atomic E-state index is 9.47. The summed E-state index contributed by atoms with van der Waals surface area (Å²) >= 11 is 1.68. The van der Waals surface area contributed by atoms with Crippen molar-refractivity contribution < 1.29 is 14.2 Å². The largest absolute Gasteiger partial charge is 0.497 e. The van der Waals surface area contributed by atoms with Crippen LogP contribution < -0.4 is 9.47 Å². The van der Waals surface area contributed by atoms with Crippen LogP contribution >= 0.6 is 11.8 Å². The topological polar surface area (TPSA) is 64.4 Å². The van der Waals surface area contributed by atoms with Crippen molar-refractivity contribution in [3.8, 4) is 17.6 Å². The molecule has 1 aromatic heterocycles. The fourth-order valence-corrected chi connectivity index (χ4v) is 4.01. The molecule has 23 heavy (non-hydrogen) atoms. The Labute approximate surface area is 139 Å². The zero-order valence-corrected chi connectivity index (χ0v) is 14.1. The summed E-state index contributed by atoms with van der Waals surface area (Å²) in [5, 5.41) is 10.7. The molecule has 1 saturated heterocycles. The zero-order chi connectivity index (χ0) is 16.4. The van der Waals surface area contributed by atoms with Gasteiger partial charge in [0.15, 0.2) is 0 Å². The summed E-state index contributed by atoms with van der Waals surface area (Å²) in [5.41, 5.74) is 1.30. The molecule has 120 valence electrons. The SMILES string of the molecule is COc1cc(OC)c2ncc(C#N)c(SC3CCOC3C)c2c1. The predicted molar refractivity (Wildman–Crippen MR) is 89.2 cm³/mol. The van der Waals surface area contributed by atoms with Gasteiger partial charge in [0.25, 0.3) is 0 Å². The second kappa shape index (κ2) is 6.65. The average Bonchev–Trinajstić information content (AvgIpc) is 2.99. The van der Waals surface area contributed by atoms with Crippen molar-refractivity contribution in [1.82, 2.24) is 4.98 Å². The third-order valence-corrected chi connectivity index (χ3v) is 5.61. The van der Waals surface area contributed by atoms with E-state index in [0.717, 1.165) is 28.8 Å². The van der Waals surface area contributed by atoms with Crippen LogP contribution in [0, 0.1) is 11.3 Å². The van der Waals surface area contributed by atoms with Crippen LogP contribution in [0.2, 0.25) is 0 Å². The van der Waals surface area contributed by atoms with Crippen molar-refractivity contribution >= 4 is 22.7 Å². The van der Waals surface area contributed by atoms with E-state index >= 15 is 0 Å². The molecule has 2 heterocycles. The second-order valence-electron chi connectivity index (χ2n) is 5.36. The molecule has 1 aliphatic heterocycles. The van der Waals surface area contributed by atoms with Crippen molar-refractivity contribution in [2.45, 2.75) is 29.6 Å². The fraction of sp³-hybridized carbons (Fsp3) is 0.412. The van der Waals surface area contributed by atoms with E-state index in [-0.39, 0.29) is 6.10 Å². The molecule has 0 spiro atoms. The highest BCUT2D eigenvalue weighted by molar-refractivity contribution is 8.00. The molecule has 0 N–H and O–H groups in total. The van der Waals surface area contributed by atoms with Gasteiger partial charge >= 0.3 is 0 Å². The van der Waals surface area contributed by atoms with Crippen LogP contribution in [-0.2, 0) is 4.74 Å². The molecule has 0 saturated carbocycles. The monoisotopic (exact) mass is 330 g/mol. The Morgan fingerprint density at radius 2 is 2.17 bits per heavy atom. The standard InChI is InChI=1S/C17H18N2O3S/c1-10-15(4-5-22-10)23-17-11(8-18)9-19-16-13(17)6-12(20-2)7-14(16)21-3/h6-7,9-10,15H,4-5H2,1-3H3. The molecule has 6 heteroatoms. The number of aromatic nitrogens is 1. The van der Waals surface area contributed by atoms with Crippen LogP contribution in [0.5, 0.6) is 11.5 Å². The van der Waals surface area contributed by atoms with E-state index in [0.29, 0.717) is 22.3 Å². The lowest BCUT2D eigenvalue weighted by Crippen LogP contribution is -2.13. The van der Waals surface area contributed by atoms with Crippen LogP contribution in [-0.4, -0.2) is 37.2 Å². The minimum atomic E-state index is 0.169. The Hall–Kier alpha value is -1.97. The molecule has 1 aliphatic rings. The number of rotatable bonds is 4. The normalized spacial score (nSPS) is 20.4. The van der Waals surface area contributed by atoms with Crippen molar-refractivity contribution in [3.63, 3.8) is 0 Å². The number of fused-ring (bicyclic) bond motifs is 1. The van der Waals surface area contributed by atoms with Crippen molar-refractivity contribution in [3.05, 3.63) is 23.9 Å². The Bertz CT molecular complexity index is 773. The molecule has 1 fully saturated rings. The van der Waals surface area contributed by atoms with E-state index in [4.69, 9.17) is 14.2 Å². The van der Waals surface area contributed by atoms with Gasteiger partial charge in [0, 0.05) is 34.4 Å². The summed E-state index contributed by atoms with van der Waals surface area (Å²) in [4.78, 5) is 5.32. The number of methoxy groups -OCH3 is 2. The summed E-state index contributed by atoms with van der Waals surface area (Å²) in [6.07, 6.45) is 2.75. The highest BCUT2D eigenvalue weighted by atomic mass is 32.2. The molecule has 2 atom stereocenters. The first-order chi connectivity index (χ1) is 11.2. The van der Waals surface area contributed by atoms with Gasteiger partial charge in [0.05, 0.1) is 25.9 Å². The van der Waals surface area contributed by atoms with Crippen molar-refractivity contribution in [1.29, 1.82) is 5.26 Å². The zero-order valence-electron chi connectivity index (χ0n) is 13.3. The third-order valence-electron chi connectivity index (χ3n) is 4.01. The highest BCUT2D eigenvalue weighted by Gasteiger charge is 2.27. The van der Waals surface area contributed by atoms with Gasteiger partial charge in [-0.05, 0) is 19.4 Å². The van der Waals surface area contributed by atoms with E-state index in [1.165, 1.54) is 0 Å². The van der Waals surface area contributed by atoms with Crippen molar-refractivity contribution in [2.75, 3.05) is 20.8 Å². The van der Waals surface area contributed by atoms with Crippen LogP contribution in [0.15, 0.2) is 23.2 Å². The Kier molecular flexibility index (Phi) is 4.60. The number of hydrogen-bond acceptors (Lipinski definition) is 6. The average molecular weight is 330 g/mol. The Morgan fingerprint density at radius 1 is 1.35 bits per heavy atom. The first-order valence-corrected chi connectivity index (χ1v) is 8.29. The van der Waals surface area contributed by atoms with Gasteiger partial charge in [-0.3, -0.25) is 4.98 Å². The van der Waals surface area contributed by atoms with Crippen molar-refractivity contribution in [2.24, 2.45) is 0 Å². The lowest BCUT2D eigenvalue weighted by atomic mass is 10.1. The minimum Gasteiger partial charge on any atom is -0.497 e. The van der Waals surface area contributed by atoms with Gasteiger partial charge in [-0.15, -0.1) is 11.8 Å². The maximum Gasteiger partial charge on any atom is 0.148 e. The van der Waals surface area contributed by atoms with Gasteiger partial charge in [0.2, 0.25) is 0 Å². The van der Waals surface area contributed by atoms with Gasteiger partial charge in [0.1, 0.15) is 23.1 Å². The molecular weight excluding hydrogens is 312 g/mol.